The van der Waals surface area contributed by atoms with Crippen LogP contribution in [0.5, 0.6) is 0 Å². The highest BCUT2D eigenvalue weighted by molar-refractivity contribution is 6.02. The lowest BCUT2D eigenvalue weighted by Crippen LogP contribution is -2.12. The van der Waals surface area contributed by atoms with Crippen LogP contribution in [-0.2, 0) is 11.8 Å². The maximum Gasteiger partial charge on any atom is 0.0622 e. The van der Waals surface area contributed by atoms with Crippen LogP contribution in [0.1, 0.15) is 125 Å². The summed E-state index contributed by atoms with van der Waals surface area (Å²) in [6.07, 6.45) is 11.1. The fourth-order valence-corrected chi connectivity index (χ4v) is 3.57. The van der Waals surface area contributed by atoms with Crippen LogP contribution in [-0.4, -0.2) is 5.71 Å². The van der Waals surface area contributed by atoms with E-state index in [1.807, 2.05) is 39.8 Å². The minimum absolute atomic E-state index is 0.260. The van der Waals surface area contributed by atoms with Crippen LogP contribution in [0, 0.1) is 0 Å². The number of aliphatic imine (C=N–C) groups is 1. The molecule has 36 heavy (non-hydrogen) atoms. The van der Waals surface area contributed by atoms with Gasteiger partial charge in [-0.1, -0.05) is 118 Å². The van der Waals surface area contributed by atoms with Gasteiger partial charge in [0.1, 0.15) is 0 Å². The normalized spacial score (nSPS) is 12.9. The highest BCUT2D eigenvalue weighted by atomic mass is 14.8. The van der Waals surface area contributed by atoms with E-state index in [4.69, 9.17) is 4.99 Å². The fraction of sp³-hybridized carbons (Fsp3) is 0.514. The van der Waals surface area contributed by atoms with Crippen molar-refractivity contribution in [2.75, 3.05) is 0 Å². The first kappa shape index (κ1) is 35.8. The number of aryl methyl sites for hydroxylation is 1. The van der Waals surface area contributed by atoms with E-state index in [9.17, 15) is 0 Å². The Hall–Kier alpha value is -2.41. The number of nitrogens with zero attached hydrogens (tertiary/aromatic N) is 1. The molecule has 1 heteroatoms. The van der Waals surface area contributed by atoms with Gasteiger partial charge in [0.25, 0.3) is 0 Å². The Balaban J connectivity index is 0. The van der Waals surface area contributed by atoms with Gasteiger partial charge in [0, 0.05) is 5.71 Å². The molecule has 0 heterocycles. The van der Waals surface area contributed by atoms with Crippen molar-refractivity contribution < 1.29 is 0 Å². The molecule has 0 aliphatic carbocycles. The minimum atomic E-state index is 0.260. The average molecular weight is 492 g/mol. The Kier molecular flexibility index (Phi) is 18.7. The van der Waals surface area contributed by atoms with E-state index in [0.717, 1.165) is 36.2 Å². The number of allylic oxidation sites excluding steroid dienone is 7. The van der Waals surface area contributed by atoms with Crippen LogP contribution >= 0.6 is 0 Å². The van der Waals surface area contributed by atoms with E-state index in [1.165, 1.54) is 27.8 Å². The summed E-state index contributed by atoms with van der Waals surface area (Å²) in [5, 5.41) is 0. The molecule has 0 saturated carbocycles. The minimum Gasteiger partial charge on any atom is -0.253 e. The molecule has 0 bridgehead atoms. The van der Waals surface area contributed by atoms with Crippen LogP contribution in [0.15, 0.2) is 83.1 Å². The molecule has 1 nitrogen and oxygen atoms in total. The van der Waals surface area contributed by atoms with Crippen molar-refractivity contribution in [1.82, 2.24) is 0 Å². The molecule has 1 aromatic rings. The maximum absolute atomic E-state index is 4.72. The number of benzene rings is 1. The largest absolute Gasteiger partial charge is 0.253 e. The van der Waals surface area contributed by atoms with E-state index in [2.05, 4.69) is 99.7 Å². The second kappa shape index (κ2) is 18.8. The van der Waals surface area contributed by atoms with Crippen molar-refractivity contribution in [3.8, 4) is 0 Å². The first-order valence-corrected chi connectivity index (χ1v) is 13.8. The number of hydrogen-bond donors (Lipinski definition) is 0. The summed E-state index contributed by atoms with van der Waals surface area (Å²) in [6.45, 7) is 35.8. The second-order valence-corrected chi connectivity index (χ2v) is 10.3. The smallest absolute Gasteiger partial charge is 0.0622 e. The lowest BCUT2D eigenvalue weighted by Gasteiger charge is -2.22. The van der Waals surface area contributed by atoms with Crippen LogP contribution in [0.4, 0.5) is 0 Å². The molecule has 1 rings (SSSR count). The number of rotatable bonds is 9. The molecule has 1 aromatic carbocycles. The van der Waals surface area contributed by atoms with Crippen LogP contribution < -0.4 is 0 Å². The third kappa shape index (κ3) is 13.1. The van der Waals surface area contributed by atoms with Gasteiger partial charge in [-0.05, 0) is 91.4 Å². The highest BCUT2D eigenvalue weighted by Crippen LogP contribution is 2.28. The zero-order valence-corrected chi connectivity index (χ0v) is 26.1. The van der Waals surface area contributed by atoms with Gasteiger partial charge >= 0.3 is 0 Å². The van der Waals surface area contributed by atoms with Crippen molar-refractivity contribution in [1.29, 1.82) is 0 Å². The van der Waals surface area contributed by atoms with Gasteiger partial charge in [0.05, 0.1) is 5.70 Å². The van der Waals surface area contributed by atoms with Gasteiger partial charge in [-0.2, -0.15) is 0 Å². The quantitative estimate of drug-likeness (QED) is 0.240. The summed E-state index contributed by atoms with van der Waals surface area (Å²) < 4.78 is 0. The lowest BCUT2D eigenvalue weighted by molar-refractivity contribution is 0.588. The zero-order chi connectivity index (χ0) is 28.5. The summed E-state index contributed by atoms with van der Waals surface area (Å²) in [5.41, 5.74) is 10.2. The Morgan fingerprint density at radius 2 is 1.64 bits per heavy atom. The van der Waals surface area contributed by atoms with Crippen molar-refractivity contribution in [2.24, 2.45) is 4.99 Å². The van der Waals surface area contributed by atoms with Crippen molar-refractivity contribution >= 4 is 5.71 Å². The Labute approximate surface area is 225 Å². The van der Waals surface area contributed by atoms with Crippen LogP contribution in [0.25, 0.3) is 0 Å². The molecule has 0 aromatic heterocycles. The van der Waals surface area contributed by atoms with E-state index in [0.29, 0.717) is 5.92 Å². The molecule has 0 aliphatic heterocycles. The van der Waals surface area contributed by atoms with Gasteiger partial charge in [-0.25, -0.2) is 0 Å². The van der Waals surface area contributed by atoms with E-state index < -0.39 is 0 Å². The molecule has 0 radical (unpaired) electrons. The molecule has 202 valence electrons. The third-order valence-corrected chi connectivity index (χ3v) is 6.10. The summed E-state index contributed by atoms with van der Waals surface area (Å²) in [5.74, 6) is 0.627. The maximum atomic E-state index is 4.72. The third-order valence-electron chi connectivity index (χ3n) is 6.10. The van der Waals surface area contributed by atoms with Crippen molar-refractivity contribution in [3.05, 3.63) is 94.8 Å². The zero-order valence-electron chi connectivity index (χ0n) is 26.1. The predicted octanol–water partition coefficient (Wildman–Crippen LogP) is 11.5. The van der Waals surface area contributed by atoms with Crippen LogP contribution in [0.3, 0.4) is 0 Å². The Bertz CT molecular complexity index is 924. The summed E-state index contributed by atoms with van der Waals surface area (Å²) >= 11 is 0. The monoisotopic (exact) mass is 491 g/mol. The van der Waals surface area contributed by atoms with Crippen molar-refractivity contribution in [3.63, 3.8) is 0 Å². The van der Waals surface area contributed by atoms with Gasteiger partial charge in [0.2, 0.25) is 0 Å². The molecule has 0 spiro atoms. The van der Waals surface area contributed by atoms with Crippen LogP contribution in [0.2, 0.25) is 0 Å². The topological polar surface area (TPSA) is 12.4 Å². The standard InChI is InChI=1S/C18H27N.C15H24.C2H6/c1-8-11-13-18(15(5)12-9-2)19-17(7)16(6)14(4)10-3;1-7-12-8-9-13(15(4,5)6)10-14(12)11(2)3;1-2/h8,10-11,13H,1,6,9,12H2,2-5,7H3;8-11H,7H2,1-6H3;1-2H3/b13-11-,14-10-,18-15+,19-17?;;. The van der Waals surface area contributed by atoms with E-state index >= 15 is 0 Å². The Morgan fingerprint density at radius 1 is 1.06 bits per heavy atom. The first-order chi connectivity index (χ1) is 16.8. The van der Waals surface area contributed by atoms with Gasteiger partial charge < -0.3 is 0 Å². The molecule has 0 N–H and O–H groups in total. The molecule has 0 fully saturated rings. The summed E-state index contributed by atoms with van der Waals surface area (Å²) in [7, 11) is 0. The van der Waals surface area contributed by atoms with E-state index in [-0.39, 0.29) is 5.41 Å². The SMILES string of the molecule is C=C/C=C\C(N=C(C)C(=C)/C(C)=C\C)=C(\C)CCC.CC.CCc1ccc(C(C)(C)C)cc1C(C)C. The summed E-state index contributed by atoms with van der Waals surface area (Å²) in [6, 6.07) is 6.98. The van der Waals surface area contributed by atoms with Gasteiger partial charge in [-0.3, -0.25) is 4.99 Å². The number of hydrogen-bond acceptors (Lipinski definition) is 1. The van der Waals surface area contributed by atoms with Gasteiger partial charge in [0.15, 0.2) is 0 Å². The predicted molar refractivity (Wildman–Crippen MR) is 169 cm³/mol. The second-order valence-electron chi connectivity index (χ2n) is 10.3. The molecular weight excluding hydrogens is 434 g/mol. The molecule has 0 aliphatic rings. The molecule has 0 amide bonds. The summed E-state index contributed by atoms with van der Waals surface area (Å²) in [4.78, 5) is 4.72. The van der Waals surface area contributed by atoms with E-state index in [1.54, 1.807) is 6.08 Å². The fourth-order valence-electron chi connectivity index (χ4n) is 3.57. The van der Waals surface area contributed by atoms with Crippen molar-refractivity contribution in [2.45, 2.75) is 121 Å². The van der Waals surface area contributed by atoms with Gasteiger partial charge in [-0.15, -0.1) is 0 Å². The molecular formula is C35H57N. The highest BCUT2D eigenvalue weighted by Gasteiger charge is 2.16. The Morgan fingerprint density at radius 3 is 2.06 bits per heavy atom. The molecule has 0 atom stereocenters. The first-order valence-electron chi connectivity index (χ1n) is 13.8. The lowest BCUT2D eigenvalue weighted by atomic mass is 9.83. The molecule has 0 saturated heterocycles. The molecule has 0 unspecified atom stereocenters. The average Bonchev–Trinajstić information content (AvgIpc) is 2.85.